The van der Waals surface area contributed by atoms with E-state index < -0.39 is 0 Å². The molecule has 0 bridgehead atoms. The molecule has 3 rings (SSSR count). The van der Waals surface area contributed by atoms with Crippen LogP contribution in [-0.2, 0) is 18.3 Å². The van der Waals surface area contributed by atoms with Gasteiger partial charge in [0.15, 0.2) is 10.4 Å². The first-order chi connectivity index (χ1) is 8.66. The Morgan fingerprint density at radius 3 is 2.89 bits per heavy atom. The monoisotopic (exact) mass is 266 g/mol. The molecule has 0 atom stereocenters. The van der Waals surface area contributed by atoms with E-state index in [4.69, 9.17) is 17.0 Å². The second kappa shape index (κ2) is 4.51. The minimum atomic E-state index is 0.652. The lowest BCUT2D eigenvalue weighted by molar-refractivity contribution is 0.0614. The van der Waals surface area contributed by atoms with Crippen molar-refractivity contribution in [3.05, 3.63) is 10.5 Å². The van der Waals surface area contributed by atoms with Crippen LogP contribution < -0.4 is 0 Å². The molecule has 1 aliphatic heterocycles. The second-order valence-corrected chi connectivity index (χ2v) is 5.39. The van der Waals surface area contributed by atoms with Crippen LogP contribution >= 0.6 is 12.2 Å². The van der Waals surface area contributed by atoms with E-state index >= 15 is 0 Å². The number of imidazole rings is 1. The Kier molecular flexibility index (Phi) is 2.99. The number of aromatic nitrogens is 4. The minimum absolute atomic E-state index is 0.652. The molecule has 1 aliphatic rings. The summed E-state index contributed by atoms with van der Waals surface area (Å²) in [6.07, 6.45) is 2.23. The van der Waals surface area contributed by atoms with E-state index in [1.807, 2.05) is 18.7 Å². The van der Waals surface area contributed by atoms with Crippen molar-refractivity contribution in [2.75, 3.05) is 13.2 Å². The lowest BCUT2D eigenvalue weighted by Gasteiger charge is -2.22. The van der Waals surface area contributed by atoms with E-state index in [-0.39, 0.29) is 0 Å². The summed E-state index contributed by atoms with van der Waals surface area (Å²) in [6, 6.07) is 0. The van der Waals surface area contributed by atoms with Gasteiger partial charge in [-0.25, -0.2) is 0 Å². The largest absolute Gasteiger partial charge is 0.381 e. The van der Waals surface area contributed by atoms with Crippen LogP contribution in [0, 0.1) is 17.6 Å². The maximum absolute atomic E-state index is 5.43. The van der Waals surface area contributed by atoms with Crippen LogP contribution in [-0.4, -0.2) is 32.5 Å². The zero-order valence-electron chi connectivity index (χ0n) is 10.8. The Morgan fingerprint density at radius 2 is 2.17 bits per heavy atom. The van der Waals surface area contributed by atoms with E-state index in [1.165, 1.54) is 0 Å². The Balaban J connectivity index is 2.00. The van der Waals surface area contributed by atoms with Crippen molar-refractivity contribution < 1.29 is 4.74 Å². The standard InChI is InChI=1S/C12H18N4OS/c1-8-10-11(15(2)14-8)16(12(18)13-10)7-9-3-5-17-6-4-9/h9H,3-7H2,1-2H3,(H,13,18). The summed E-state index contributed by atoms with van der Waals surface area (Å²) in [5.74, 6) is 0.652. The number of nitrogens with zero attached hydrogens (tertiary/aromatic N) is 3. The highest BCUT2D eigenvalue weighted by molar-refractivity contribution is 7.71. The van der Waals surface area contributed by atoms with Crippen molar-refractivity contribution in [1.29, 1.82) is 0 Å². The summed E-state index contributed by atoms with van der Waals surface area (Å²) in [5.41, 5.74) is 3.17. The first kappa shape index (κ1) is 11.9. The molecule has 0 radical (unpaired) electrons. The molecule has 0 spiro atoms. The number of hydrogen-bond donors (Lipinski definition) is 1. The SMILES string of the molecule is Cc1nn(C)c2c1[nH]c(=S)n2CC1CCOCC1. The first-order valence-corrected chi connectivity index (χ1v) is 6.77. The van der Waals surface area contributed by atoms with Crippen molar-refractivity contribution in [2.45, 2.75) is 26.3 Å². The van der Waals surface area contributed by atoms with Crippen molar-refractivity contribution in [2.24, 2.45) is 13.0 Å². The number of aryl methyl sites for hydroxylation is 2. The van der Waals surface area contributed by atoms with Gasteiger partial charge in [-0.3, -0.25) is 4.68 Å². The molecule has 98 valence electrons. The highest BCUT2D eigenvalue weighted by Gasteiger charge is 2.18. The Labute approximate surface area is 111 Å². The zero-order chi connectivity index (χ0) is 12.7. The second-order valence-electron chi connectivity index (χ2n) is 5.00. The average molecular weight is 266 g/mol. The molecular weight excluding hydrogens is 248 g/mol. The number of nitrogens with one attached hydrogen (secondary N) is 1. The third-order valence-electron chi connectivity index (χ3n) is 3.71. The molecular formula is C12H18N4OS. The normalized spacial score (nSPS) is 17.7. The van der Waals surface area contributed by atoms with Crippen LogP contribution in [0.1, 0.15) is 18.5 Å². The van der Waals surface area contributed by atoms with Gasteiger partial charge in [0.1, 0.15) is 5.52 Å². The fourth-order valence-corrected chi connectivity index (χ4v) is 2.99. The topological polar surface area (TPSA) is 47.8 Å². The van der Waals surface area contributed by atoms with Crippen molar-refractivity contribution in [3.8, 4) is 0 Å². The van der Waals surface area contributed by atoms with Crippen LogP contribution in [0.4, 0.5) is 0 Å². The third kappa shape index (κ3) is 1.89. The Bertz CT molecular complexity index is 618. The van der Waals surface area contributed by atoms with Gasteiger partial charge in [0.25, 0.3) is 0 Å². The van der Waals surface area contributed by atoms with E-state index in [0.717, 1.165) is 54.2 Å². The molecule has 0 amide bonds. The summed E-state index contributed by atoms with van der Waals surface area (Å²) < 4.78 is 10.3. The summed E-state index contributed by atoms with van der Waals surface area (Å²) >= 11 is 5.43. The number of hydrogen-bond acceptors (Lipinski definition) is 3. The number of rotatable bonds is 2. The molecule has 0 aliphatic carbocycles. The number of fused-ring (bicyclic) bond motifs is 1. The molecule has 5 nitrogen and oxygen atoms in total. The molecule has 0 saturated carbocycles. The van der Waals surface area contributed by atoms with E-state index in [2.05, 4.69) is 14.6 Å². The maximum atomic E-state index is 5.43. The third-order valence-corrected chi connectivity index (χ3v) is 4.03. The number of H-pyrrole nitrogens is 1. The highest BCUT2D eigenvalue weighted by Crippen LogP contribution is 2.22. The fourth-order valence-electron chi connectivity index (χ4n) is 2.73. The van der Waals surface area contributed by atoms with E-state index in [9.17, 15) is 0 Å². The van der Waals surface area contributed by atoms with Crippen molar-refractivity contribution >= 4 is 23.4 Å². The molecule has 2 aromatic rings. The number of ether oxygens (including phenoxy) is 1. The molecule has 1 saturated heterocycles. The van der Waals surface area contributed by atoms with Gasteiger partial charge >= 0.3 is 0 Å². The Hall–Kier alpha value is -1.14. The van der Waals surface area contributed by atoms with Crippen molar-refractivity contribution in [3.63, 3.8) is 0 Å². The predicted molar refractivity (Wildman–Crippen MR) is 72.2 cm³/mol. The van der Waals surface area contributed by atoms with Gasteiger partial charge in [0.05, 0.1) is 5.69 Å². The van der Waals surface area contributed by atoms with Crippen LogP contribution in [0.5, 0.6) is 0 Å². The van der Waals surface area contributed by atoms with Gasteiger partial charge in [-0.05, 0) is 37.9 Å². The summed E-state index contributed by atoms with van der Waals surface area (Å²) in [7, 11) is 1.97. The summed E-state index contributed by atoms with van der Waals surface area (Å²) in [6.45, 7) is 4.71. The summed E-state index contributed by atoms with van der Waals surface area (Å²) in [4.78, 5) is 3.27. The predicted octanol–water partition coefficient (Wildman–Crippen LogP) is 2.17. The molecule has 0 unspecified atom stereocenters. The zero-order valence-corrected chi connectivity index (χ0v) is 11.6. The van der Waals surface area contributed by atoms with Gasteiger partial charge < -0.3 is 14.3 Å². The smallest absolute Gasteiger partial charge is 0.179 e. The van der Waals surface area contributed by atoms with Crippen LogP contribution in [0.15, 0.2) is 0 Å². The van der Waals surface area contributed by atoms with Crippen LogP contribution in [0.25, 0.3) is 11.2 Å². The Morgan fingerprint density at radius 1 is 1.44 bits per heavy atom. The highest BCUT2D eigenvalue weighted by atomic mass is 32.1. The van der Waals surface area contributed by atoms with Crippen LogP contribution in [0.2, 0.25) is 0 Å². The van der Waals surface area contributed by atoms with Gasteiger partial charge in [-0.15, -0.1) is 0 Å². The first-order valence-electron chi connectivity index (χ1n) is 6.36. The minimum Gasteiger partial charge on any atom is -0.381 e. The molecule has 18 heavy (non-hydrogen) atoms. The molecule has 2 aromatic heterocycles. The lowest BCUT2D eigenvalue weighted by atomic mass is 10.0. The molecule has 3 heterocycles. The van der Waals surface area contributed by atoms with Gasteiger partial charge in [-0.1, -0.05) is 0 Å². The summed E-state index contributed by atoms with van der Waals surface area (Å²) in [5, 5.41) is 4.44. The van der Waals surface area contributed by atoms with Gasteiger partial charge in [0, 0.05) is 26.8 Å². The fraction of sp³-hybridized carbons (Fsp3) is 0.667. The average Bonchev–Trinajstić information content (AvgIpc) is 2.81. The molecule has 6 heteroatoms. The van der Waals surface area contributed by atoms with Crippen LogP contribution in [0.3, 0.4) is 0 Å². The van der Waals surface area contributed by atoms with E-state index in [0.29, 0.717) is 5.92 Å². The number of aromatic amines is 1. The lowest BCUT2D eigenvalue weighted by Crippen LogP contribution is -2.21. The van der Waals surface area contributed by atoms with Gasteiger partial charge in [0.2, 0.25) is 0 Å². The van der Waals surface area contributed by atoms with Gasteiger partial charge in [-0.2, -0.15) is 5.10 Å². The van der Waals surface area contributed by atoms with E-state index in [1.54, 1.807) is 0 Å². The van der Waals surface area contributed by atoms with Crippen molar-refractivity contribution in [1.82, 2.24) is 19.3 Å². The quantitative estimate of drug-likeness (QED) is 0.847. The maximum Gasteiger partial charge on any atom is 0.179 e. The molecule has 1 fully saturated rings. The molecule has 1 N–H and O–H groups in total. The molecule has 0 aromatic carbocycles.